The van der Waals surface area contributed by atoms with Crippen LogP contribution in [0.1, 0.15) is 19.8 Å². The molecule has 0 spiro atoms. The fourth-order valence-electron chi connectivity index (χ4n) is 3.38. The summed E-state index contributed by atoms with van der Waals surface area (Å²) >= 11 is 0. The molecule has 27 heavy (non-hydrogen) atoms. The second kappa shape index (κ2) is 7.29. The lowest BCUT2D eigenvalue weighted by molar-refractivity contribution is -0.126. The van der Waals surface area contributed by atoms with Crippen LogP contribution in [0.3, 0.4) is 0 Å². The Hall–Kier alpha value is -1.84. The molecule has 0 bridgehead atoms. The minimum absolute atomic E-state index is 0.0284. The maximum Gasteiger partial charge on any atom is 0.243 e. The molecule has 1 atom stereocenters. The SMILES string of the molecule is CC(C(=O)NC1CC1)N1CCN(S(=O)(=O)c2ccc3c(c2)OCCO3)CC1. The summed E-state index contributed by atoms with van der Waals surface area (Å²) in [5.41, 5.74) is 0. The molecule has 0 radical (unpaired) electrons. The van der Waals surface area contributed by atoms with E-state index < -0.39 is 10.0 Å². The van der Waals surface area contributed by atoms with E-state index in [0.29, 0.717) is 56.9 Å². The first-order valence-electron chi connectivity index (χ1n) is 9.39. The second-order valence-electron chi connectivity index (χ2n) is 7.20. The minimum Gasteiger partial charge on any atom is -0.486 e. The lowest BCUT2D eigenvalue weighted by Crippen LogP contribution is -2.55. The summed E-state index contributed by atoms with van der Waals surface area (Å²) in [6, 6.07) is 4.81. The lowest BCUT2D eigenvalue weighted by Gasteiger charge is -2.36. The van der Waals surface area contributed by atoms with Crippen LogP contribution in [0.4, 0.5) is 0 Å². The first-order chi connectivity index (χ1) is 12.9. The van der Waals surface area contributed by atoms with Gasteiger partial charge < -0.3 is 14.8 Å². The Bertz CT molecular complexity index is 816. The number of hydrogen-bond acceptors (Lipinski definition) is 6. The van der Waals surface area contributed by atoms with Gasteiger partial charge in [-0.1, -0.05) is 0 Å². The molecule has 1 saturated carbocycles. The Morgan fingerprint density at radius 2 is 1.78 bits per heavy atom. The Balaban J connectivity index is 1.40. The van der Waals surface area contributed by atoms with E-state index >= 15 is 0 Å². The van der Waals surface area contributed by atoms with Crippen LogP contribution in [-0.2, 0) is 14.8 Å². The zero-order valence-corrected chi connectivity index (χ0v) is 16.2. The summed E-state index contributed by atoms with van der Waals surface area (Å²) in [6.07, 6.45) is 2.11. The molecule has 1 saturated heterocycles. The highest BCUT2D eigenvalue weighted by Gasteiger charge is 2.34. The van der Waals surface area contributed by atoms with Gasteiger partial charge in [0.2, 0.25) is 15.9 Å². The van der Waals surface area contributed by atoms with Crippen molar-refractivity contribution in [2.75, 3.05) is 39.4 Å². The van der Waals surface area contributed by atoms with Gasteiger partial charge in [-0.3, -0.25) is 9.69 Å². The molecule has 9 heteroatoms. The van der Waals surface area contributed by atoms with E-state index in [2.05, 4.69) is 5.32 Å². The number of nitrogens with one attached hydrogen (secondary N) is 1. The molecule has 1 aromatic rings. The molecule has 1 amide bonds. The van der Waals surface area contributed by atoms with Gasteiger partial charge in [-0.25, -0.2) is 8.42 Å². The fourth-order valence-corrected chi connectivity index (χ4v) is 4.82. The van der Waals surface area contributed by atoms with E-state index in [1.807, 2.05) is 11.8 Å². The molecular formula is C18H25N3O5S. The number of hydrogen-bond donors (Lipinski definition) is 1. The number of ether oxygens (including phenoxy) is 2. The van der Waals surface area contributed by atoms with E-state index in [0.717, 1.165) is 12.8 Å². The molecule has 8 nitrogen and oxygen atoms in total. The Morgan fingerprint density at radius 1 is 1.11 bits per heavy atom. The number of carbonyl (C=O) groups excluding carboxylic acids is 1. The molecule has 4 rings (SSSR count). The van der Waals surface area contributed by atoms with Crippen LogP contribution in [0, 0.1) is 0 Å². The molecular weight excluding hydrogens is 370 g/mol. The van der Waals surface area contributed by atoms with Crippen LogP contribution < -0.4 is 14.8 Å². The van der Waals surface area contributed by atoms with Crippen LogP contribution in [0.5, 0.6) is 11.5 Å². The average molecular weight is 395 g/mol. The van der Waals surface area contributed by atoms with E-state index in [4.69, 9.17) is 9.47 Å². The predicted octanol–water partition coefficient (Wildman–Crippen LogP) is 0.431. The van der Waals surface area contributed by atoms with Crippen molar-refractivity contribution in [1.82, 2.24) is 14.5 Å². The Kier molecular flexibility index (Phi) is 5.00. The lowest BCUT2D eigenvalue weighted by atomic mass is 10.2. The zero-order chi connectivity index (χ0) is 19.0. The summed E-state index contributed by atoms with van der Waals surface area (Å²) in [5, 5.41) is 3.01. The van der Waals surface area contributed by atoms with Crippen molar-refractivity contribution in [2.45, 2.75) is 36.7 Å². The summed E-state index contributed by atoms with van der Waals surface area (Å²) in [5.74, 6) is 1.06. The van der Waals surface area contributed by atoms with Gasteiger partial charge in [-0.15, -0.1) is 0 Å². The molecule has 3 aliphatic rings. The monoisotopic (exact) mass is 395 g/mol. The highest BCUT2D eigenvalue weighted by Crippen LogP contribution is 2.33. The fraction of sp³-hybridized carbons (Fsp3) is 0.611. The molecule has 2 fully saturated rings. The quantitative estimate of drug-likeness (QED) is 0.778. The highest BCUT2D eigenvalue weighted by molar-refractivity contribution is 7.89. The number of carbonyl (C=O) groups is 1. The molecule has 0 aromatic heterocycles. The number of nitrogens with zero attached hydrogens (tertiary/aromatic N) is 2. The van der Waals surface area contributed by atoms with Gasteiger partial charge in [0.05, 0.1) is 10.9 Å². The number of piperazine rings is 1. The molecule has 1 aromatic carbocycles. The third-order valence-corrected chi connectivity index (χ3v) is 7.17. The van der Waals surface area contributed by atoms with Gasteiger partial charge in [-0.2, -0.15) is 4.31 Å². The molecule has 1 unspecified atom stereocenters. The van der Waals surface area contributed by atoms with Crippen molar-refractivity contribution in [2.24, 2.45) is 0 Å². The van der Waals surface area contributed by atoms with Crippen LogP contribution in [0.15, 0.2) is 23.1 Å². The Morgan fingerprint density at radius 3 is 2.44 bits per heavy atom. The van der Waals surface area contributed by atoms with E-state index in [1.165, 1.54) is 10.4 Å². The van der Waals surface area contributed by atoms with E-state index in [1.54, 1.807) is 12.1 Å². The van der Waals surface area contributed by atoms with Gasteiger partial charge in [0, 0.05) is 38.3 Å². The van der Waals surface area contributed by atoms with Crippen molar-refractivity contribution in [3.63, 3.8) is 0 Å². The topological polar surface area (TPSA) is 88.2 Å². The van der Waals surface area contributed by atoms with Gasteiger partial charge in [0.25, 0.3) is 0 Å². The number of benzene rings is 1. The number of rotatable bonds is 5. The average Bonchev–Trinajstić information content (AvgIpc) is 3.51. The van der Waals surface area contributed by atoms with Crippen molar-refractivity contribution in [1.29, 1.82) is 0 Å². The van der Waals surface area contributed by atoms with Crippen LogP contribution in [0.2, 0.25) is 0 Å². The number of sulfonamides is 1. The first kappa shape index (κ1) is 18.5. The van der Waals surface area contributed by atoms with Gasteiger partial charge in [-0.05, 0) is 31.9 Å². The minimum atomic E-state index is -3.60. The molecule has 148 valence electrons. The van der Waals surface area contributed by atoms with Crippen LogP contribution in [-0.4, -0.2) is 75.0 Å². The largest absolute Gasteiger partial charge is 0.486 e. The second-order valence-corrected chi connectivity index (χ2v) is 9.14. The molecule has 2 aliphatic heterocycles. The van der Waals surface area contributed by atoms with Gasteiger partial charge >= 0.3 is 0 Å². The standard InChI is InChI=1S/C18H25N3O5S/c1-13(18(22)19-14-2-3-14)20-6-8-21(9-7-20)27(23,24)15-4-5-16-17(12-15)26-11-10-25-16/h4-5,12-14H,2-3,6-11H2,1H3,(H,19,22). The van der Waals surface area contributed by atoms with Gasteiger partial charge in [0.1, 0.15) is 13.2 Å². The smallest absolute Gasteiger partial charge is 0.243 e. The predicted molar refractivity (Wildman–Crippen MR) is 98.4 cm³/mol. The van der Waals surface area contributed by atoms with Crippen molar-refractivity contribution < 1.29 is 22.7 Å². The summed E-state index contributed by atoms with van der Waals surface area (Å²) < 4.78 is 38.4. The zero-order valence-electron chi connectivity index (χ0n) is 15.4. The normalized spacial score (nSPS) is 22.3. The van der Waals surface area contributed by atoms with Crippen molar-refractivity contribution in [3.8, 4) is 11.5 Å². The third kappa shape index (κ3) is 3.90. The van der Waals surface area contributed by atoms with Crippen molar-refractivity contribution >= 4 is 15.9 Å². The summed E-state index contributed by atoms with van der Waals surface area (Å²) in [4.78, 5) is 14.5. The van der Waals surface area contributed by atoms with Gasteiger partial charge in [0.15, 0.2) is 11.5 Å². The maximum absolute atomic E-state index is 13.0. The van der Waals surface area contributed by atoms with Crippen LogP contribution >= 0.6 is 0 Å². The van der Waals surface area contributed by atoms with E-state index in [9.17, 15) is 13.2 Å². The number of fused-ring (bicyclic) bond motifs is 1. The first-order valence-corrected chi connectivity index (χ1v) is 10.8. The van der Waals surface area contributed by atoms with Crippen molar-refractivity contribution in [3.05, 3.63) is 18.2 Å². The molecule has 2 heterocycles. The van der Waals surface area contributed by atoms with E-state index in [-0.39, 0.29) is 16.8 Å². The maximum atomic E-state index is 13.0. The molecule has 1 aliphatic carbocycles. The summed E-state index contributed by atoms with van der Waals surface area (Å²) in [7, 11) is -3.60. The highest BCUT2D eigenvalue weighted by atomic mass is 32.2. The molecule has 1 N–H and O–H groups in total. The Labute approximate surface area is 159 Å². The van der Waals surface area contributed by atoms with Crippen LogP contribution in [0.25, 0.3) is 0 Å². The third-order valence-electron chi connectivity index (χ3n) is 5.28. The summed E-state index contributed by atoms with van der Waals surface area (Å²) in [6.45, 7) is 4.54. The number of amides is 1.